The number of nitrogens with one attached hydrogen (secondary N) is 3. The minimum Gasteiger partial charge on any atom is -0.394 e. The highest BCUT2D eigenvalue weighted by atomic mass is 32.2. The second-order valence-electron chi connectivity index (χ2n) is 12.4. The van der Waals surface area contributed by atoms with Crippen molar-refractivity contribution >= 4 is 54.7 Å². The summed E-state index contributed by atoms with van der Waals surface area (Å²) in [5.74, 6) is -1.39. The van der Waals surface area contributed by atoms with Crippen molar-refractivity contribution in [1.29, 1.82) is 0 Å². The topological polar surface area (TPSA) is 157 Å². The van der Waals surface area contributed by atoms with E-state index in [1.165, 1.54) is 27.0 Å². The number of aromatic nitrogens is 3. The van der Waals surface area contributed by atoms with E-state index in [0.29, 0.717) is 10.4 Å². The molecule has 0 bridgehead atoms. The van der Waals surface area contributed by atoms with Crippen LogP contribution in [0, 0.1) is 5.92 Å². The zero-order valence-corrected chi connectivity index (χ0v) is 30.4. The summed E-state index contributed by atoms with van der Waals surface area (Å²) in [5, 5.41) is 23.5. The Morgan fingerprint density at radius 3 is 2.39 bits per heavy atom. The van der Waals surface area contributed by atoms with Crippen LogP contribution < -0.4 is 10.6 Å². The molecule has 11 nitrogen and oxygen atoms in total. The molecule has 2 amide bonds. The largest absolute Gasteiger partial charge is 0.394 e. The number of aromatic amines is 1. The Kier molecular flexibility index (Phi) is 11.4. The van der Waals surface area contributed by atoms with Crippen LogP contribution in [0.3, 0.4) is 0 Å². The van der Waals surface area contributed by atoms with Crippen molar-refractivity contribution in [3.63, 3.8) is 0 Å². The Morgan fingerprint density at radius 1 is 0.961 bits per heavy atom. The van der Waals surface area contributed by atoms with Crippen LogP contribution in [0.4, 0.5) is 0 Å². The molecule has 14 heteroatoms. The van der Waals surface area contributed by atoms with Crippen molar-refractivity contribution in [1.82, 2.24) is 30.1 Å². The molecule has 0 radical (unpaired) electrons. The predicted octanol–water partition coefficient (Wildman–Crippen LogP) is 5.71. The number of thiophene rings is 1. The van der Waals surface area contributed by atoms with Crippen molar-refractivity contribution in [2.24, 2.45) is 5.92 Å². The van der Waals surface area contributed by atoms with Crippen LogP contribution in [0.2, 0.25) is 0 Å². The second kappa shape index (κ2) is 16.1. The van der Waals surface area contributed by atoms with Crippen LogP contribution in [-0.2, 0) is 21.4 Å². The standard InChI is InChI=1S/C37H38N6O5S3/c1-24(2)21-43(51(47,48)29-14-15-30-33(17-29)49-23-39-30)31(22-44)32-16-13-28(50-32)20-38-37(46)35(42-36(45)26-11-7-4-8-12-26)34(27-18-40-41-19-27)25-9-5-3-6-10-25/h3-19,23-24,31,34-35,44H,20-22H2,1-2H3,(H,38,46)(H,40,41)(H,42,45). The first-order chi connectivity index (χ1) is 24.7. The summed E-state index contributed by atoms with van der Waals surface area (Å²) in [6.45, 7) is 3.73. The Bertz CT molecular complexity index is 2170. The molecule has 0 saturated heterocycles. The Labute approximate surface area is 304 Å². The maximum Gasteiger partial charge on any atom is 0.251 e. The van der Waals surface area contributed by atoms with E-state index in [4.69, 9.17) is 0 Å². The number of nitrogens with zero attached hydrogens (tertiary/aromatic N) is 3. The molecule has 264 valence electrons. The maximum atomic E-state index is 14.1. The average Bonchev–Trinajstić information content (AvgIpc) is 3.94. The zero-order chi connectivity index (χ0) is 36.0. The number of aliphatic hydroxyl groups is 1. The summed E-state index contributed by atoms with van der Waals surface area (Å²) in [6.07, 6.45) is 3.35. The first-order valence-electron chi connectivity index (χ1n) is 16.4. The Hall–Kier alpha value is -4.73. The van der Waals surface area contributed by atoms with E-state index < -0.39 is 46.4 Å². The molecule has 3 unspecified atom stereocenters. The molecule has 0 aliphatic carbocycles. The van der Waals surface area contributed by atoms with Gasteiger partial charge in [0.1, 0.15) is 6.04 Å². The Balaban J connectivity index is 1.25. The molecule has 0 spiro atoms. The number of hydrogen-bond acceptors (Lipinski definition) is 9. The van der Waals surface area contributed by atoms with Crippen molar-refractivity contribution in [3.8, 4) is 0 Å². The molecule has 0 aliphatic heterocycles. The van der Waals surface area contributed by atoms with Gasteiger partial charge in [0.2, 0.25) is 15.9 Å². The molecule has 6 aromatic rings. The average molecular weight is 743 g/mol. The molecule has 0 fully saturated rings. The van der Waals surface area contributed by atoms with Gasteiger partial charge < -0.3 is 15.7 Å². The number of benzene rings is 3. The van der Waals surface area contributed by atoms with Crippen LogP contribution in [0.1, 0.15) is 57.0 Å². The summed E-state index contributed by atoms with van der Waals surface area (Å²) in [7, 11) is -4.00. The lowest BCUT2D eigenvalue weighted by Crippen LogP contribution is -2.50. The molecule has 6 rings (SSSR count). The van der Waals surface area contributed by atoms with Crippen molar-refractivity contribution in [2.75, 3.05) is 13.2 Å². The number of rotatable bonds is 15. The molecule has 4 N–H and O–H groups in total. The number of thiazole rings is 1. The molecule has 3 aromatic carbocycles. The minimum atomic E-state index is -4.00. The summed E-state index contributed by atoms with van der Waals surface area (Å²) in [6, 6.07) is 24.8. The van der Waals surface area contributed by atoms with Gasteiger partial charge in [-0.05, 0) is 59.5 Å². The number of sulfonamides is 1. The first-order valence-corrected chi connectivity index (χ1v) is 19.5. The van der Waals surface area contributed by atoms with E-state index in [0.717, 1.165) is 26.2 Å². The predicted molar refractivity (Wildman–Crippen MR) is 199 cm³/mol. The normalized spacial score (nSPS) is 13.7. The number of carbonyl (C=O) groups is 2. The van der Waals surface area contributed by atoms with Gasteiger partial charge in [0, 0.05) is 34.0 Å². The lowest BCUT2D eigenvalue weighted by molar-refractivity contribution is -0.123. The SMILES string of the molecule is CC(C)CN(C(CO)c1ccc(CNC(=O)C(NC(=O)c2ccccc2)C(c2ccccc2)c2cn[nH]c2)s1)S(=O)(=O)c1ccc2ncsc2c1. The van der Waals surface area contributed by atoms with Crippen LogP contribution in [0.25, 0.3) is 10.2 Å². The van der Waals surface area contributed by atoms with Crippen LogP contribution in [0.5, 0.6) is 0 Å². The maximum absolute atomic E-state index is 14.1. The van der Waals surface area contributed by atoms with E-state index in [9.17, 15) is 23.1 Å². The van der Waals surface area contributed by atoms with Gasteiger partial charge in [0.15, 0.2) is 0 Å². The van der Waals surface area contributed by atoms with Gasteiger partial charge in [-0.25, -0.2) is 13.4 Å². The number of aliphatic hydroxyl groups excluding tert-OH is 1. The number of hydrogen-bond donors (Lipinski definition) is 4. The molecule has 3 atom stereocenters. The number of fused-ring (bicyclic) bond motifs is 1. The van der Waals surface area contributed by atoms with Gasteiger partial charge >= 0.3 is 0 Å². The fraction of sp³-hybridized carbons (Fsp3) is 0.243. The lowest BCUT2D eigenvalue weighted by atomic mass is 9.86. The van der Waals surface area contributed by atoms with Crippen molar-refractivity contribution in [2.45, 2.75) is 43.3 Å². The van der Waals surface area contributed by atoms with Gasteiger partial charge in [-0.2, -0.15) is 9.40 Å². The summed E-state index contributed by atoms with van der Waals surface area (Å²) < 4.78 is 30.3. The van der Waals surface area contributed by atoms with Crippen LogP contribution in [0.15, 0.2) is 114 Å². The second-order valence-corrected chi connectivity index (χ2v) is 16.4. The Morgan fingerprint density at radius 2 is 1.71 bits per heavy atom. The molecule has 0 saturated carbocycles. The minimum absolute atomic E-state index is 0.0181. The zero-order valence-electron chi connectivity index (χ0n) is 28.0. The van der Waals surface area contributed by atoms with Gasteiger partial charge in [-0.1, -0.05) is 62.4 Å². The van der Waals surface area contributed by atoms with Crippen molar-refractivity contribution in [3.05, 3.63) is 135 Å². The highest BCUT2D eigenvalue weighted by Gasteiger charge is 2.35. The van der Waals surface area contributed by atoms with E-state index in [2.05, 4.69) is 25.8 Å². The van der Waals surface area contributed by atoms with Gasteiger partial charge in [0.25, 0.3) is 5.91 Å². The molecular weight excluding hydrogens is 705 g/mol. The highest BCUT2D eigenvalue weighted by Crippen LogP contribution is 2.34. The first kappa shape index (κ1) is 36.1. The molecule has 3 heterocycles. The third-order valence-corrected chi connectivity index (χ3v) is 12.2. The summed E-state index contributed by atoms with van der Waals surface area (Å²) in [4.78, 5) is 33.3. The number of amides is 2. The summed E-state index contributed by atoms with van der Waals surface area (Å²) >= 11 is 2.68. The highest BCUT2D eigenvalue weighted by molar-refractivity contribution is 7.89. The fourth-order valence-electron chi connectivity index (χ4n) is 5.94. The van der Waals surface area contributed by atoms with E-state index in [-0.39, 0.29) is 23.9 Å². The fourth-order valence-corrected chi connectivity index (χ4v) is 9.64. The quantitative estimate of drug-likeness (QED) is 0.105. The van der Waals surface area contributed by atoms with Crippen LogP contribution in [-0.4, -0.2) is 64.0 Å². The van der Waals surface area contributed by atoms with Gasteiger partial charge in [0.05, 0.1) is 46.0 Å². The van der Waals surface area contributed by atoms with Gasteiger partial charge in [-0.15, -0.1) is 22.7 Å². The number of H-pyrrole nitrogens is 1. The van der Waals surface area contributed by atoms with E-state index in [1.807, 2.05) is 56.3 Å². The monoisotopic (exact) mass is 742 g/mol. The lowest BCUT2D eigenvalue weighted by Gasteiger charge is -2.30. The van der Waals surface area contributed by atoms with Crippen molar-refractivity contribution < 1.29 is 23.1 Å². The molecule has 3 aromatic heterocycles. The smallest absolute Gasteiger partial charge is 0.251 e. The number of carbonyl (C=O) groups excluding carboxylic acids is 2. The van der Waals surface area contributed by atoms with Gasteiger partial charge in [-0.3, -0.25) is 14.7 Å². The molecule has 51 heavy (non-hydrogen) atoms. The summed E-state index contributed by atoms with van der Waals surface area (Å²) in [5.41, 5.74) is 4.35. The third kappa shape index (κ3) is 8.26. The van der Waals surface area contributed by atoms with Crippen LogP contribution >= 0.6 is 22.7 Å². The van der Waals surface area contributed by atoms with E-state index >= 15 is 0 Å². The van der Waals surface area contributed by atoms with E-state index in [1.54, 1.807) is 66.4 Å². The molecular formula is C37H38N6O5S3. The molecule has 0 aliphatic rings. The third-order valence-electron chi connectivity index (χ3n) is 8.40.